The van der Waals surface area contributed by atoms with Crippen LogP contribution < -0.4 is 5.32 Å². The topological polar surface area (TPSA) is 32.3 Å². The van der Waals surface area contributed by atoms with Crippen molar-refractivity contribution in [3.05, 3.63) is 29.8 Å². The van der Waals surface area contributed by atoms with E-state index in [0.717, 1.165) is 12.8 Å². The van der Waals surface area contributed by atoms with Gasteiger partial charge in [0, 0.05) is 11.7 Å². The van der Waals surface area contributed by atoms with Gasteiger partial charge in [0.05, 0.1) is 6.61 Å². The van der Waals surface area contributed by atoms with Crippen molar-refractivity contribution < 1.29 is 5.11 Å². The van der Waals surface area contributed by atoms with Crippen molar-refractivity contribution >= 4 is 18.1 Å². The van der Waals surface area contributed by atoms with Gasteiger partial charge >= 0.3 is 0 Å². The molecule has 1 aliphatic rings. The molecule has 0 amide bonds. The molecule has 1 aliphatic heterocycles. The Labute approximate surface area is 84.4 Å². The molecule has 13 heavy (non-hydrogen) atoms. The number of anilines is 1. The number of benzene rings is 1. The predicted molar refractivity (Wildman–Crippen MR) is 56.5 cm³/mol. The zero-order valence-electron chi connectivity index (χ0n) is 7.36. The van der Waals surface area contributed by atoms with Crippen LogP contribution in [0.1, 0.15) is 12.0 Å². The molecule has 0 aromatic heterocycles. The standard InChI is InChI=1S/C10H13NO.ClH/c12-7-9-6-5-8-3-1-2-4-10(8)11-9;/h1-4,9,11-12H,5-7H2;1H/t9-;/m0./s1. The molecule has 3 heteroatoms. The quantitative estimate of drug-likeness (QED) is 0.724. The Morgan fingerprint density at radius 2 is 2.15 bits per heavy atom. The van der Waals surface area contributed by atoms with Crippen molar-refractivity contribution in [2.45, 2.75) is 18.9 Å². The lowest BCUT2D eigenvalue weighted by Crippen LogP contribution is -2.28. The number of hydrogen-bond acceptors (Lipinski definition) is 2. The second-order valence-electron chi connectivity index (χ2n) is 3.22. The van der Waals surface area contributed by atoms with Crippen molar-refractivity contribution in [3.63, 3.8) is 0 Å². The molecule has 1 atom stereocenters. The summed E-state index contributed by atoms with van der Waals surface area (Å²) < 4.78 is 0. The van der Waals surface area contributed by atoms with Gasteiger partial charge < -0.3 is 10.4 Å². The van der Waals surface area contributed by atoms with Gasteiger partial charge in [-0.1, -0.05) is 18.2 Å². The highest BCUT2D eigenvalue weighted by molar-refractivity contribution is 5.85. The molecule has 0 fully saturated rings. The van der Waals surface area contributed by atoms with E-state index < -0.39 is 0 Å². The van der Waals surface area contributed by atoms with Crippen molar-refractivity contribution in [1.82, 2.24) is 0 Å². The second-order valence-corrected chi connectivity index (χ2v) is 3.22. The summed E-state index contributed by atoms with van der Waals surface area (Å²) in [6, 6.07) is 8.53. The largest absolute Gasteiger partial charge is 0.394 e. The second kappa shape index (κ2) is 4.49. The number of nitrogens with one attached hydrogen (secondary N) is 1. The molecule has 72 valence electrons. The average Bonchev–Trinajstić information content (AvgIpc) is 2.17. The molecule has 2 N–H and O–H groups in total. The Balaban J connectivity index is 0.000000845. The number of aliphatic hydroxyl groups is 1. The van der Waals surface area contributed by atoms with E-state index in [9.17, 15) is 0 Å². The van der Waals surface area contributed by atoms with E-state index in [4.69, 9.17) is 5.11 Å². The number of rotatable bonds is 1. The van der Waals surface area contributed by atoms with E-state index in [-0.39, 0.29) is 25.1 Å². The van der Waals surface area contributed by atoms with E-state index in [0.29, 0.717) is 0 Å². The maximum absolute atomic E-state index is 8.95. The van der Waals surface area contributed by atoms with Crippen molar-refractivity contribution in [1.29, 1.82) is 0 Å². The molecule has 0 spiro atoms. The summed E-state index contributed by atoms with van der Waals surface area (Å²) >= 11 is 0. The molecule has 0 unspecified atom stereocenters. The summed E-state index contributed by atoms with van der Waals surface area (Å²) in [4.78, 5) is 0. The molecule has 1 aromatic rings. The van der Waals surface area contributed by atoms with Crippen LogP contribution in [0.3, 0.4) is 0 Å². The van der Waals surface area contributed by atoms with Crippen LogP contribution in [0.4, 0.5) is 5.69 Å². The number of fused-ring (bicyclic) bond motifs is 1. The molecule has 2 rings (SSSR count). The van der Waals surface area contributed by atoms with Crippen LogP contribution >= 0.6 is 12.4 Å². The zero-order valence-corrected chi connectivity index (χ0v) is 8.18. The van der Waals surface area contributed by atoms with E-state index in [1.165, 1.54) is 11.3 Å². The van der Waals surface area contributed by atoms with Gasteiger partial charge in [-0.25, -0.2) is 0 Å². The van der Waals surface area contributed by atoms with E-state index in [1.807, 2.05) is 6.07 Å². The minimum absolute atomic E-state index is 0. The fourth-order valence-corrected chi connectivity index (χ4v) is 1.64. The van der Waals surface area contributed by atoms with Gasteiger partial charge in [-0.15, -0.1) is 12.4 Å². The van der Waals surface area contributed by atoms with Crippen molar-refractivity contribution in [2.24, 2.45) is 0 Å². The van der Waals surface area contributed by atoms with E-state index in [1.54, 1.807) is 0 Å². The summed E-state index contributed by atoms with van der Waals surface area (Å²) in [5.41, 5.74) is 2.55. The monoisotopic (exact) mass is 199 g/mol. The molecular formula is C10H14ClNO. The normalized spacial score (nSPS) is 19.6. The Morgan fingerprint density at radius 3 is 2.92 bits per heavy atom. The molecular weight excluding hydrogens is 186 g/mol. The first-order valence-corrected chi connectivity index (χ1v) is 4.35. The van der Waals surface area contributed by atoms with E-state index >= 15 is 0 Å². The number of hydrogen-bond donors (Lipinski definition) is 2. The van der Waals surface area contributed by atoms with Crippen molar-refractivity contribution in [3.8, 4) is 0 Å². The number of para-hydroxylation sites is 1. The third-order valence-electron chi connectivity index (χ3n) is 2.36. The van der Waals surface area contributed by atoms with Crippen LogP contribution in [-0.4, -0.2) is 17.8 Å². The fraction of sp³-hybridized carbons (Fsp3) is 0.400. The smallest absolute Gasteiger partial charge is 0.0632 e. The van der Waals surface area contributed by atoms with Crippen LogP contribution in [0.25, 0.3) is 0 Å². The van der Waals surface area contributed by atoms with Gasteiger partial charge in [-0.3, -0.25) is 0 Å². The van der Waals surface area contributed by atoms with Gasteiger partial charge in [-0.2, -0.15) is 0 Å². The lowest BCUT2D eigenvalue weighted by atomic mass is 9.99. The Hall–Kier alpha value is -0.730. The third-order valence-corrected chi connectivity index (χ3v) is 2.36. The van der Waals surface area contributed by atoms with Gasteiger partial charge in [0.15, 0.2) is 0 Å². The first kappa shape index (κ1) is 10.4. The highest BCUT2D eigenvalue weighted by Gasteiger charge is 2.15. The highest BCUT2D eigenvalue weighted by atomic mass is 35.5. The maximum Gasteiger partial charge on any atom is 0.0632 e. The molecule has 0 saturated carbocycles. The van der Waals surface area contributed by atoms with Crippen LogP contribution in [0.2, 0.25) is 0 Å². The molecule has 0 aliphatic carbocycles. The minimum Gasteiger partial charge on any atom is -0.394 e. The first-order chi connectivity index (χ1) is 5.90. The zero-order chi connectivity index (χ0) is 8.39. The van der Waals surface area contributed by atoms with Crippen LogP contribution in [0.5, 0.6) is 0 Å². The molecule has 2 nitrogen and oxygen atoms in total. The van der Waals surface area contributed by atoms with Crippen LogP contribution in [0.15, 0.2) is 24.3 Å². The summed E-state index contributed by atoms with van der Waals surface area (Å²) in [6.07, 6.45) is 2.11. The average molecular weight is 200 g/mol. The van der Waals surface area contributed by atoms with E-state index in [2.05, 4.69) is 23.5 Å². The Bertz CT molecular complexity index is 277. The molecule has 0 saturated heterocycles. The third kappa shape index (κ3) is 2.14. The van der Waals surface area contributed by atoms with Crippen molar-refractivity contribution in [2.75, 3.05) is 11.9 Å². The first-order valence-electron chi connectivity index (χ1n) is 4.35. The fourth-order valence-electron chi connectivity index (χ4n) is 1.64. The highest BCUT2D eigenvalue weighted by Crippen LogP contribution is 2.23. The predicted octanol–water partition coefficient (Wildman–Crippen LogP) is 1.83. The Kier molecular flexibility index (Phi) is 3.58. The molecule has 0 radical (unpaired) electrons. The van der Waals surface area contributed by atoms with Gasteiger partial charge in [0.2, 0.25) is 0 Å². The minimum atomic E-state index is 0. The number of aryl methyl sites for hydroxylation is 1. The SMILES string of the molecule is Cl.OC[C@@H]1CCc2ccccc2N1. The van der Waals surface area contributed by atoms with Gasteiger partial charge in [-0.05, 0) is 24.5 Å². The van der Waals surface area contributed by atoms with Crippen LogP contribution in [0, 0.1) is 0 Å². The molecule has 1 heterocycles. The summed E-state index contributed by atoms with van der Waals surface area (Å²) in [7, 11) is 0. The summed E-state index contributed by atoms with van der Waals surface area (Å²) in [5, 5.41) is 12.3. The summed E-state index contributed by atoms with van der Waals surface area (Å²) in [6.45, 7) is 0.230. The lowest BCUT2D eigenvalue weighted by molar-refractivity contribution is 0.267. The molecule has 1 aromatic carbocycles. The maximum atomic E-state index is 8.95. The number of halogens is 1. The van der Waals surface area contributed by atoms with Gasteiger partial charge in [0.25, 0.3) is 0 Å². The molecule has 0 bridgehead atoms. The Morgan fingerprint density at radius 1 is 1.38 bits per heavy atom. The van der Waals surface area contributed by atoms with Gasteiger partial charge in [0.1, 0.15) is 0 Å². The lowest BCUT2D eigenvalue weighted by Gasteiger charge is -2.25. The summed E-state index contributed by atoms with van der Waals surface area (Å²) in [5.74, 6) is 0. The number of aliphatic hydroxyl groups excluding tert-OH is 1. The van der Waals surface area contributed by atoms with Crippen LogP contribution in [-0.2, 0) is 6.42 Å².